The molecule has 1 N–H and O–H groups in total. The minimum Gasteiger partial charge on any atom is -0.482 e. The van der Waals surface area contributed by atoms with Crippen LogP contribution in [0, 0.1) is 0 Å². The standard InChI is InChI=1S/C18H12Cl2N2O4/c19-13-5-3-7-15(17(13)20)26-10-16(23)22-21-8-11-9-25-14-6-2-1-4-12(14)18(11)24/h1-9H,10H2,(H,22,23)/b21-8+. The van der Waals surface area contributed by atoms with Gasteiger partial charge in [-0.3, -0.25) is 9.59 Å². The average Bonchev–Trinajstić information content (AvgIpc) is 2.65. The number of carbonyl (C=O) groups is 1. The first kappa shape index (κ1) is 18.0. The van der Waals surface area contributed by atoms with E-state index in [0.717, 1.165) is 0 Å². The Morgan fingerprint density at radius 3 is 2.85 bits per heavy atom. The molecule has 0 bridgehead atoms. The highest BCUT2D eigenvalue weighted by Crippen LogP contribution is 2.31. The summed E-state index contributed by atoms with van der Waals surface area (Å²) in [5.41, 5.74) is 2.70. The van der Waals surface area contributed by atoms with Gasteiger partial charge in [-0.1, -0.05) is 41.4 Å². The monoisotopic (exact) mass is 390 g/mol. The molecule has 0 unspecified atom stereocenters. The van der Waals surface area contributed by atoms with E-state index in [2.05, 4.69) is 10.5 Å². The molecule has 0 aliphatic heterocycles. The number of fused-ring (bicyclic) bond motifs is 1. The van der Waals surface area contributed by atoms with E-state index in [1.165, 1.54) is 12.5 Å². The smallest absolute Gasteiger partial charge is 0.277 e. The van der Waals surface area contributed by atoms with Crippen molar-refractivity contribution in [3.05, 3.63) is 74.6 Å². The number of benzene rings is 2. The van der Waals surface area contributed by atoms with Crippen LogP contribution in [0.4, 0.5) is 0 Å². The third kappa shape index (κ3) is 4.04. The van der Waals surface area contributed by atoms with Crippen LogP contribution in [-0.2, 0) is 4.79 Å². The first-order valence-electron chi connectivity index (χ1n) is 7.45. The largest absolute Gasteiger partial charge is 0.482 e. The van der Waals surface area contributed by atoms with Crippen LogP contribution in [0.15, 0.2) is 63.0 Å². The van der Waals surface area contributed by atoms with Crippen molar-refractivity contribution in [3.8, 4) is 5.75 Å². The number of hydrogen-bond donors (Lipinski definition) is 1. The molecule has 3 rings (SSSR count). The molecule has 0 spiro atoms. The maximum absolute atomic E-state index is 12.3. The number of amides is 1. The Balaban J connectivity index is 1.62. The molecule has 0 atom stereocenters. The molecular weight excluding hydrogens is 379 g/mol. The molecule has 0 aliphatic carbocycles. The van der Waals surface area contributed by atoms with Crippen molar-refractivity contribution in [3.63, 3.8) is 0 Å². The lowest BCUT2D eigenvalue weighted by Gasteiger charge is -2.07. The number of nitrogens with one attached hydrogen (secondary N) is 1. The van der Waals surface area contributed by atoms with Gasteiger partial charge in [0.1, 0.15) is 22.6 Å². The number of carbonyl (C=O) groups excluding carboxylic acids is 1. The van der Waals surface area contributed by atoms with E-state index in [4.69, 9.17) is 32.4 Å². The molecule has 132 valence electrons. The van der Waals surface area contributed by atoms with E-state index >= 15 is 0 Å². The Bertz CT molecular complexity index is 1050. The van der Waals surface area contributed by atoms with Crippen LogP contribution in [0.1, 0.15) is 5.56 Å². The molecule has 1 amide bonds. The van der Waals surface area contributed by atoms with Gasteiger partial charge in [0.2, 0.25) is 5.43 Å². The van der Waals surface area contributed by atoms with Gasteiger partial charge in [0, 0.05) is 0 Å². The van der Waals surface area contributed by atoms with Gasteiger partial charge in [-0.25, -0.2) is 5.43 Å². The third-order valence-corrected chi connectivity index (χ3v) is 4.18. The van der Waals surface area contributed by atoms with E-state index in [0.29, 0.717) is 16.0 Å². The highest BCUT2D eigenvalue weighted by Gasteiger charge is 2.08. The van der Waals surface area contributed by atoms with Crippen LogP contribution >= 0.6 is 23.2 Å². The maximum Gasteiger partial charge on any atom is 0.277 e. The maximum atomic E-state index is 12.3. The summed E-state index contributed by atoms with van der Waals surface area (Å²) in [6.45, 7) is -0.316. The zero-order valence-corrected chi connectivity index (χ0v) is 14.8. The summed E-state index contributed by atoms with van der Waals surface area (Å²) in [4.78, 5) is 24.0. The van der Waals surface area contributed by atoms with E-state index in [9.17, 15) is 9.59 Å². The topological polar surface area (TPSA) is 80.9 Å². The molecule has 1 aromatic heterocycles. The van der Waals surface area contributed by atoms with Gasteiger partial charge in [0.25, 0.3) is 5.91 Å². The van der Waals surface area contributed by atoms with E-state index in [1.807, 2.05) is 0 Å². The highest BCUT2D eigenvalue weighted by atomic mass is 35.5. The number of hydrazone groups is 1. The fraction of sp³-hybridized carbons (Fsp3) is 0.0556. The van der Waals surface area contributed by atoms with Crippen molar-refractivity contribution in [2.24, 2.45) is 5.10 Å². The number of ether oxygens (including phenoxy) is 1. The zero-order chi connectivity index (χ0) is 18.5. The Labute approximate surface area is 158 Å². The van der Waals surface area contributed by atoms with Crippen LogP contribution in [0.3, 0.4) is 0 Å². The Morgan fingerprint density at radius 1 is 1.19 bits per heavy atom. The molecule has 6 nitrogen and oxygen atoms in total. The van der Waals surface area contributed by atoms with Crippen molar-refractivity contribution in [2.75, 3.05) is 6.61 Å². The summed E-state index contributed by atoms with van der Waals surface area (Å²) in [5.74, 6) is -0.240. The SMILES string of the molecule is O=C(COc1cccc(Cl)c1Cl)N/N=C/c1coc2ccccc2c1=O. The Morgan fingerprint density at radius 2 is 2.00 bits per heavy atom. The number of hydrogen-bond acceptors (Lipinski definition) is 5. The summed E-state index contributed by atoms with van der Waals surface area (Å²) in [6, 6.07) is 11.7. The van der Waals surface area contributed by atoms with Gasteiger partial charge in [0.05, 0.1) is 22.2 Å². The number of nitrogens with zero attached hydrogens (tertiary/aromatic N) is 1. The lowest BCUT2D eigenvalue weighted by atomic mass is 10.2. The van der Waals surface area contributed by atoms with Crippen molar-refractivity contribution >= 4 is 46.3 Å². The normalized spacial score (nSPS) is 11.0. The van der Waals surface area contributed by atoms with Crippen LogP contribution in [-0.4, -0.2) is 18.7 Å². The number of rotatable bonds is 5. The fourth-order valence-electron chi connectivity index (χ4n) is 2.13. The molecule has 0 fully saturated rings. The Hall–Kier alpha value is -2.83. The molecule has 0 radical (unpaired) electrons. The van der Waals surface area contributed by atoms with Crippen LogP contribution in [0.25, 0.3) is 11.0 Å². The minimum absolute atomic E-state index is 0.211. The summed E-state index contributed by atoms with van der Waals surface area (Å²) < 4.78 is 10.6. The van der Waals surface area contributed by atoms with Gasteiger partial charge >= 0.3 is 0 Å². The lowest BCUT2D eigenvalue weighted by molar-refractivity contribution is -0.123. The van der Waals surface area contributed by atoms with Gasteiger partial charge in [-0.15, -0.1) is 0 Å². The van der Waals surface area contributed by atoms with Crippen LogP contribution in [0.5, 0.6) is 5.75 Å². The van der Waals surface area contributed by atoms with Gasteiger partial charge < -0.3 is 9.15 Å². The third-order valence-electron chi connectivity index (χ3n) is 3.37. The fourth-order valence-corrected chi connectivity index (χ4v) is 2.47. The van der Waals surface area contributed by atoms with Gasteiger partial charge in [-0.05, 0) is 24.3 Å². The second-order valence-electron chi connectivity index (χ2n) is 5.15. The summed E-state index contributed by atoms with van der Waals surface area (Å²) in [5, 5.41) is 4.72. The predicted octanol–water partition coefficient (Wildman–Crippen LogP) is 3.63. The molecule has 0 aliphatic rings. The molecule has 3 aromatic rings. The first-order chi connectivity index (χ1) is 12.6. The molecular formula is C18H12Cl2N2O4. The predicted molar refractivity (Wildman–Crippen MR) is 100 cm³/mol. The van der Waals surface area contributed by atoms with Crippen molar-refractivity contribution in [2.45, 2.75) is 0 Å². The minimum atomic E-state index is -0.525. The first-order valence-corrected chi connectivity index (χ1v) is 8.21. The van der Waals surface area contributed by atoms with Crippen LogP contribution < -0.4 is 15.6 Å². The Kier molecular flexibility index (Phi) is 5.55. The van der Waals surface area contributed by atoms with Gasteiger partial charge in [-0.2, -0.15) is 5.10 Å². The van der Waals surface area contributed by atoms with Crippen molar-refractivity contribution in [1.29, 1.82) is 0 Å². The van der Waals surface area contributed by atoms with Crippen molar-refractivity contribution in [1.82, 2.24) is 5.43 Å². The molecule has 8 heteroatoms. The average molecular weight is 391 g/mol. The molecule has 0 saturated heterocycles. The van der Waals surface area contributed by atoms with Gasteiger partial charge in [0.15, 0.2) is 6.61 Å². The molecule has 26 heavy (non-hydrogen) atoms. The highest BCUT2D eigenvalue weighted by molar-refractivity contribution is 6.42. The number of para-hydroxylation sites is 1. The van der Waals surface area contributed by atoms with E-state index in [-0.39, 0.29) is 28.4 Å². The summed E-state index contributed by atoms with van der Waals surface area (Å²) in [7, 11) is 0. The van der Waals surface area contributed by atoms with E-state index in [1.54, 1.807) is 42.5 Å². The summed E-state index contributed by atoms with van der Waals surface area (Å²) in [6.07, 6.45) is 2.49. The molecule has 0 saturated carbocycles. The van der Waals surface area contributed by atoms with Crippen molar-refractivity contribution < 1.29 is 13.9 Å². The van der Waals surface area contributed by atoms with Crippen LogP contribution in [0.2, 0.25) is 10.0 Å². The second-order valence-corrected chi connectivity index (χ2v) is 5.94. The number of halogens is 2. The lowest BCUT2D eigenvalue weighted by Crippen LogP contribution is -2.25. The zero-order valence-electron chi connectivity index (χ0n) is 13.2. The summed E-state index contributed by atoms with van der Waals surface area (Å²) >= 11 is 11.8. The second kappa shape index (κ2) is 8.03. The quantitative estimate of drug-likeness (QED) is 0.532. The molecule has 2 aromatic carbocycles. The molecule has 1 heterocycles. The van der Waals surface area contributed by atoms with E-state index < -0.39 is 5.91 Å².